The normalized spacial score (nSPS) is 22.9. The first-order valence-corrected chi connectivity index (χ1v) is 4.97. The molecule has 0 aromatic heterocycles. The Labute approximate surface area is 84.0 Å². The first-order valence-electron chi connectivity index (χ1n) is 4.97. The van der Waals surface area contributed by atoms with Gasteiger partial charge in [0.1, 0.15) is 0 Å². The van der Waals surface area contributed by atoms with Crippen LogP contribution in [0.25, 0.3) is 0 Å². The van der Waals surface area contributed by atoms with Gasteiger partial charge in [-0.25, -0.2) is 9.80 Å². The van der Waals surface area contributed by atoms with Gasteiger partial charge in [0.25, 0.3) is 0 Å². The molecule has 0 bridgehead atoms. The van der Waals surface area contributed by atoms with Crippen LogP contribution in [0, 0.1) is 5.92 Å². The van der Waals surface area contributed by atoms with Crippen LogP contribution in [-0.4, -0.2) is 41.6 Å². The first-order chi connectivity index (χ1) is 6.60. The summed E-state index contributed by atoms with van der Waals surface area (Å²) in [5, 5.41) is 5.85. The number of nitrogens with zero attached hydrogens (tertiary/aromatic N) is 2. The summed E-state index contributed by atoms with van der Waals surface area (Å²) in [6, 6.07) is -0.309. The number of hydrogen-bond donors (Lipinski definition) is 1. The molecule has 0 aromatic carbocycles. The largest absolute Gasteiger partial charge is 0.338 e. The lowest BCUT2D eigenvalue weighted by Crippen LogP contribution is -2.59. The van der Waals surface area contributed by atoms with Gasteiger partial charge in [-0.3, -0.25) is 15.1 Å². The van der Waals surface area contributed by atoms with E-state index in [1.54, 1.807) is 5.01 Å². The van der Waals surface area contributed by atoms with Gasteiger partial charge in [0.2, 0.25) is 5.91 Å². The monoisotopic (exact) mass is 199 g/mol. The zero-order valence-electron chi connectivity index (χ0n) is 8.91. The number of amides is 3. The number of hydrazine groups is 1. The molecule has 5 heteroatoms. The van der Waals surface area contributed by atoms with E-state index in [2.05, 4.69) is 5.32 Å². The summed E-state index contributed by atoms with van der Waals surface area (Å²) in [5.41, 5.74) is 0. The summed E-state index contributed by atoms with van der Waals surface area (Å²) in [7, 11) is 0. The van der Waals surface area contributed by atoms with Crippen LogP contribution in [0.1, 0.15) is 20.8 Å². The highest BCUT2D eigenvalue weighted by Gasteiger charge is 2.31. The molecule has 1 fully saturated rings. The molecule has 0 spiro atoms. The number of carbonyl (C=O) groups is 2. The van der Waals surface area contributed by atoms with E-state index in [0.717, 1.165) is 13.1 Å². The third-order valence-corrected chi connectivity index (χ3v) is 2.43. The minimum atomic E-state index is -0.309. The Morgan fingerprint density at radius 1 is 1.43 bits per heavy atom. The molecule has 1 N–H and O–H groups in total. The van der Waals surface area contributed by atoms with Crippen molar-refractivity contribution in [3.05, 3.63) is 0 Å². The number of imide groups is 1. The number of hydrogen-bond acceptors (Lipinski definition) is 3. The minimum Gasteiger partial charge on any atom is -0.277 e. The molecule has 1 saturated heterocycles. The molecule has 1 unspecified atom stereocenters. The smallest absolute Gasteiger partial charge is 0.277 e. The Morgan fingerprint density at radius 2 is 2.00 bits per heavy atom. The first kappa shape index (κ1) is 11.0. The fourth-order valence-electron chi connectivity index (χ4n) is 1.53. The molecule has 0 aromatic rings. The lowest BCUT2D eigenvalue weighted by atomic mass is 10.1. The van der Waals surface area contributed by atoms with Gasteiger partial charge in [-0.2, -0.15) is 0 Å². The summed E-state index contributed by atoms with van der Waals surface area (Å²) in [5.74, 6) is -0.313. The van der Waals surface area contributed by atoms with E-state index in [9.17, 15) is 9.59 Å². The summed E-state index contributed by atoms with van der Waals surface area (Å²) >= 11 is 0. The van der Waals surface area contributed by atoms with Gasteiger partial charge in [0.05, 0.1) is 12.5 Å². The maximum absolute atomic E-state index is 11.5. The topological polar surface area (TPSA) is 52.6 Å². The average molecular weight is 199 g/mol. The molecule has 14 heavy (non-hydrogen) atoms. The number of urea groups is 1. The minimum absolute atomic E-state index is 0.131. The van der Waals surface area contributed by atoms with Crippen molar-refractivity contribution in [3.8, 4) is 0 Å². The van der Waals surface area contributed by atoms with Gasteiger partial charge in [-0.05, 0) is 0 Å². The van der Waals surface area contributed by atoms with E-state index in [1.165, 1.54) is 0 Å². The Balaban J connectivity index is 2.69. The van der Waals surface area contributed by atoms with Crippen molar-refractivity contribution < 1.29 is 9.59 Å². The van der Waals surface area contributed by atoms with Gasteiger partial charge in [0.15, 0.2) is 0 Å². The second kappa shape index (κ2) is 4.41. The van der Waals surface area contributed by atoms with E-state index in [0.29, 0.717) is 6.54 Å². The van der Waals surface area contributed by atoms with Crippen LogP contribution in [0.2, 0.25) is 0 Å². The molecule has 0 saturated carbocycles. The Bertz CT molecular complexity index is 238. The van der Waals surface area contributed by atoms with Gasteiger partial charge in [0, 0.05) is 13.1 Å². The van der Waals surface area contributed by atoms with Crippen LogP contribution in [0.3, 0.4) is 0 Å². The average Bonchev–Trinajstić information content (AvgIpc) is 2.15. The fourth-order valence-corrected chi connectivity index (χ4v) is 1.53. The molecule has 1 aliphatic rings. The second-order valence-corrected chi connectivity index (χ2v) is 3.42. The van der Waals surface area contributed by atoms with Crippen molar-refractivity contribution in [2.24, 2.45) is 5.92 Å². The van der Waals surface area contributed by atoms with Gasteiger partial charge in [-0.1, -0.05) is 20.8 Å². The zero-order valence-corrected chi connectivity index (χ0v) is 8.91. The van der Waals surface area contributed by atoms with Crippen molar-refractivity contribution in [2.75, 3.05) is 19.6 Å². The molecular weight excluding hydrogens is 182 g/mol. The third-order valence-electron chi connectivity index (χ3n) is 2.43. The van der Waals surface area contributed by atoms with Crippen molar-refractivity contribution >= 4 is 11.9 Å². The van der Waals surface area contributed by atoms with E-state index in [4.69, 9.17) is 0 Å². The van der Waals surface area contributed by atoms with Crippen molar-refractivity contribution in [2.45, 2.75) is 20.8 Å². The van der Waals surface area contributed by atoms with Crippen LogP contribution in [0.5, 0.6) is 0 Å². The van der Waals surface area contributed by atoms with Crippen LogP contribution in [0.15, 0.2) is 0 Å². The molecule has 1 aliphatic heterocycles. The fraction of sp³-hybridized carbons (Fsp3) is 0.778. The molecule has 80 valence electrons. The molecule has 1 heterocycles. The lowest BCUT2D eigenvalue weighted by molar-refractivity contribution is -0.128. The standard InChI is InChI=1S/C9H17N3O2/c1-4-11(5-2)12-6-7(3)8(13)10-9(12)14/h7H,4-6H2,1-3H3,(H,10,13,14). The van der Waals surface area contributed by atoms with E-state index >= 15 is 0 Å². The van der Waals surface area contributed by atoms with Crippen molar-refractivity contribution in [1.29, 1.82) is 0 Å². The highest BCUT2D eigenvalue weighted by atomic mass is 16.2. The van der Waals surface area contributed by atoms with Crippen molar-refractivity contribution in [1.82, 2.24) is 15.3 Å². The lowest BCUT2D eigenvalue weighted by Gasteiger charge is -2.37. The maximum Gasteiger partial charge on any atom is 0.338 e. The highest BCUT2D eigenvalue weighted by molar-refractivity contribution is 5.97. The van der Waals surface area contributed by atoms with Crippen LogP contribution in [0.4, 0.5) is 4.79 Å². The molecule has 1 rings (SSSR count). The Hall–Kier alpha value is -1.10. The highest BCUT2D eigenvalue weighted by Crippen LogP contribution is 2.09. The molecule has 1 atom stereocenters. The summed E-state index contributed by atoms with van der Waals surface area (Å²) < 4.78 is 0. The molecule has 0 radical (unpaired) electrons. The van der Waals surface area contributed by atoms with Crippen molar-refractivity contribution in [3.63, 3.8) is 0 Å². The third kappa shape index (κ3) is 2.04. The Kier molecular flexibility index (Phi) is 3.46. The van der Waals surface area contributed by atoms with Crippen LogP contribution < -0.4 is 5.32 Å². The zero-order chi connectivity index (χ0) is 10.7. The van der Waals surface area contributed by atoms with Gasteiger partial charge >= 0.3 is 6.03 Å². The second-order valence-electron chi connectivity index (χ2n) is 3.42. The van der Waals surface area contributed by atoms with Gasteiger partial charge < -0.3 is 0 Å². The summed E-state index contributed by atoms with van der Waals surface area (Å²) in [6.07, 6.45) is 0. The SMILES string of the molecule is CCN(CC)N1CC(C)C(=O)NC1=O. The summed E-state index contributed by atoms with van der Waals surface area (Å²) in [4.78, 5) is 22.6. The molecular formula is C9H17N3O2. The number of rotatable bonds is 3. The van der Waals surface area contributed by atoms with E-state index in [1.807, 2.05) is 25.8 Å². The van der Waals surface area contributed by atoms with Crippen LogP contribution in [-0.2, 0) is 4.79 Å². The van der Waals surface area contributed by atoms with Gasteiger partial charge in [-0.15, -0.1) is 0 Å². The Morgan fingerprint density at radius 3 is 2.50 bits per heavy atom. The molecule has 5 nitrogen and oxygen atoms in total. The molecule has 3 amide bonds. The predicted molar refractivity (Wildman–Crippen MR) is 52.3 cm³/mol. The number of carbonyl (C=O) groups excluding carboxylic acids is 2. The van der Waals surface area contributed by atoms with E-state index < -0.39 is 0 Å². The maximum atomic E-state index is 11.5. The van der Waals surface area contributed by atoms with E-state index in [-0.39, 0.29) is 17.9 Å². The summed E-state index contributed by atoms with van der Waals surface area (Å²) in [6.45, 7) is 7.80. The van der Waals surface area contributed by atoms with Crippen LogP contribution >= 0.6 is 0 Å². The number of nitrogens with one attached hydrogen (secondary N) is 1. The molecule has 0 aliphatic carbocycles. The predicted octanol–water partition coefficient (Wildman–Crippen LogP) is 0.431. The quantitative estimate of drug-likeness (QED) is 0.717.